The van der Waals surface area contributed by atoms with Gasteiger partial charge >= 0.3 is 0 Å². The van der Waals surface area contributed by atoms with Crippen LogP contribution in [0.4, 0.5) is 5.69 Å². The minimum absolute atomic E-state index is 0.227. The minimum atomic E-state index is -0.227. The van der Waals surface area contributed by atoms with Crippen molar-refractivity contribution in [2.45, 2.75) is 6.54 Å². The van der Waals surface area contributed by atoms with Crippen molar-refractivity contribution in [2.75, 3.05) is 12.3 Å². The number of aromatic nitrogens is 2. The van der Waals surface area contributed by atoms with Crippen LogP contribution in [0.3, 0.4) is 0 Å². The van der Waals surface area contributed by atoms with Gasteiger partial charge in [-0.1, -0.05) is 17.7 Å². The Labute approximate surface area is 110 Å². The molecule has 1 aromatic heterocycles. The molecule has 1 heterocycles. The Hall–Kier alpha value is -2.01. The lowest BCUT2D eigenvalue weighted by Crippen LogP contribution is -2.27. The maximum absolute atomic E-state index is 11.9. The van der Waals surface area contributed by atoms with Crippen LogP contribution in [0.5, 0.6) is 0 Å². The molecule has 0 radical (unpaired) electrons. The number of halogens is 1. The van der Waals surface area contributed by atoms with E-state index in [9.17, 15) is 4.79 Å². The van der Waals surface area contributed by atoms with Gasteiger partial charge in [0.1, 0.15) is 0 Å². The van der Waals surface area contributed by atoms with Gasteiger partial charge in [-0.25, -0.2) is 4.98 Å². The average Bonchev–Trinajstić information content (AvgIpc) is 2.85. The number of nitrogens with one attached hydrogen (secondary N) is 1. The monoisotopic (exact) mass is 264 g/mol. The number of hydrogen-bond donors (Lipinski definition) is 2. The first-order valence-corrected chi connectivity index (χ1v) is 5.84. The smallest absolute Gasteiger partial charge is 0.253 e. The maximum Gasteiger partial charge on any atom is 0.253 e. The second-order valence-corrected chi connectivity index (χ2v) is 4.16. The lowest BCUT2D eigenvalue weighted by molar-refractivity contribution is 0.0953. The van der Waals surface area contributed by atoms with Crippen molar-refractivity contribution in [3.63, 3.8) is 0 Å². The molecule has 2 aromatic rings. The lowest BCUT2D eigenvalue weighted by atomic mass is 10.1. The van der Waals surface area contributed by atoms with Crippen LogP contribution >= 0.6 is 11.6 Å². The molecule has 2 rings (SSSR count). The van der Waals surface area contributed by atoms with Gasteiger partial charge < -0.3 is 15.6 Å². The predicted octanol–water partition coefficient (Wildman–Crippen LogP) is 1.55. The Morgan fingerprint density at radius 3 is 3.06 bits per heavy atom. The quantitative estimate of drug-likeness (QED) is 0.823. The first kappa shape index (κ1) is 12.4. The second kappa shape index (κ2) is 5.55. The number of amides is 1. The number of carbonyl (C=O) groups is 1. The number of benzene rings is 1. The van der Waals surface area contributed by atoms with Crippen molar-refractivity contribution in [2.24, 2.45) is 0 Å². The molecule has 0 aliphatic rings. The highest BCUT2D eigenvalue weighted by atomic mass is 35.5. The van der Waals surface area contributed by atoms with Crippen molar-refractivity contribution in [3.8, 4) is 0 Å². The minimum Gasteiger partial charge on any atom is -0.397 e. The zero-order valence-electron chi connectivity index (χ0n) is 9.64. The highest BCUT2D eigenvalue weighted by Gasteiger charge is 2.10. The predicted molar refractivity (Wildman–Crippen MR) is 70.4 cm³/mol. The van der Waals surface area contributed by atoms with E-state index in [2.05, 4.69) is 10.3 Å². The van der Waals surface area contributed by atoms with E-state index in [1.54, 1.807) is 30.7 Å². The van der Waals surface area contributed by atoms with E-state index in [1.807, 2.05) is 10.8 Å². The summed E-state index contributed by atoms with van der Waals surface area (Å²) in [6.45, 7) is 1.16. The van der Waals surface area contributed by atoms with Crippen molar-refractivity contribution in [1.82, 2.24) is 14.9 Å². The summed E-state index contributed by atoms with van der Waals surface area (Å²) in [4.78, 5) is 15.8. The van der Waals surface area contributed by atoms with Gasteiger partial charge in [0, 0.05) is 25.5 Å². The van der Waals surface area contributed by atoms with E-state index in [1.165, 1.54) is 0 Å². The summed E-state index contributed by atoms with van der Waals surface area (Å²) in [6, 6.07) is 5.00. The number of imidazole rings is 1. The molecule has 1 amide bonds. The van der Waals surface area contributed by atoms with Crippen molar-refractivity contribution in [1.29, 1.82) is 0 Å². The first-order valence-electron chi connectivity index (χ1n) is 5.46. The van der Waals surface area contributed by atoms with Crippen LogP contribution in [-0.2, 0) is 6.54 Å². The number of nitrogens with two attached hydrogens (primary N) is 1. The number of nitrogens with zero attached hydrogens (tertiary/aromatic N) is 2. The second-order valence-electron chi connectivity index (χ2n) is 3.76. The van der Waals surface area contributed by atoms with Gasteiger partial charge in [-0.15, -0.1) is 0 Å². The maximum atomic E-state index is 11.9. The Bertz CT molecular complexity index is 539. The molecule has 0 unspecified atom stereocenters. The van der Waals surface area contributed by atoms with Crippen molar-refractivity contribution < 1.29 is 4.79 Å². The van der Waals surface area contributed by atoms with Gasteiger partial charge in [-0.3, -0.25) is 4.79 Å². The van der Waals surface area contributed by atoms with Crippen LogP contribution in [-0.4, -0.2) is 22.0 Å². The molecule has 0 aliphatic heterocycles. The molecule has 0 saturated carbocycles. The molecule has 1 aromatic carbocycles. The molecule has 3 N–H and O–H groups in total. The molecule has 18 heavy (non-hydrogen) atoms. The molecule has 0 aliphatic carbocycles. The molecule has 0 fully saturated rings. The Morgan fingerprint density at radius 1 is 1.50 bits per heavy atom. The fourth-order valence-electron chi connectivity index (χ4n) is 1.55. The molecular formula is C12H13ClN4O. The molecular weight excluding hydrogens is 252 g/mol. The van der Waals surface area contributed by atoms with E-state index in [4.69, 9.17) is 17.3 Å². The molecule has 6 heteroatoms. The summed E-state index contributed by atoms with van der Waals surface area (Å²) in [5, 5.41) is 3.17. The Balaban J connectivity index is 1.93. The fraction of sp³-hybridized carbons (Fsp3) is 0.167. The van der Waals surface area contributed by atoms with Gasteiger partial charge in [0.15, 0.2) is 0 Å². The topological polar surface area (TPSA) is 72.9 Å². The van der Waals surface area contributed by atoms with Gasteiger partial charge in [-0.05, 0) is 12.1 Å². The molecule has 5 nitrogen and oxygen atoms in total. The summed E-state index contributed by atoms with van der Waals surface area (Å²) in [5.74, 6) is -0.227. The van der Waals surface area contributed by atoms with Crippen LogP contribution in [0.15, 0.2) is 36.9 Å². The average molecular weight is 265 g/mol. The van der Waals surface area contributed by atoms with Gasteiger partial charge in [0.2, 0.25) is 0 Å². The highest BCUT2D eigenvalue weighted by Crippen LogP contribution is 2.21. The Kier molecular flexibility index (Phi) is 3.84. The SMILES string of the molecule is Nc1c(Cl)cccc1C(=O)NCCn1ccnc1. The number of nitrogen functional groups attached to an aromatic ring is 1. The summed E-state index contributed by atoms with van der Waals surface area (Å²) in [7, 11) is 0. The number of carbonyl (C=O) groups excluding carboxylic acids is 1. The third-order valence-corrected chi connectivity index (χ3v) is 2.84. The van der Waals surface area contributed by atoms with Gasteiger partial charge in [0.05, 0.1) is 22.6 Å². The third-order valence-electron chi connectivity index (χ3n) is 2.51. The summed E-state index contributed by atoms with van der Waals surface area (Å²) in [6.07, 6.45) is 5.22. The molecule has 0 spiro atoms. The summed E-state index contributed by atoms with van der Waals surface area (Å²) >= 11 is 5.86. The van der Waals surface area contributed by atoms with Crippen LogP contribution in [0.1, 0.15) is 10.4 Å². The Morgan fingerprint density at radius 2 is 2.33 bits per heavy atom. The lowest BCUT2D eigenvalue weighted by Gasteiger charge is -2.08. The highest BCUT2D eigenvalue weighted by molar-refractivity contribution is 6.33. The van der Waals surface area contributed by atoms with Crippen molar-refractivity contribution in [3.05, 3.63) is 47.5 Å². The van der Waals surface area contributed by atoms with E-state index in [0.717, 1.165) is 0 Å². The van der Waals surface area contributed by atoms with E-state index < -0.39 is 0 Å². The largest absolute Gasteiger partial charge is 0.397 e. The van der Waals surface area contributed by atoms with Crippen LogP contribution in [0.2, 0.25) is 5.02 Å². The third kappa shape index (κ3) is 2.81. The normalized spacial score (nSPS) is 10.3. The van der Waals surface area contributed by atoms with E-state index >= 15 is 0 Å². The van der Waals surface area contributed by atoms with Gasteiger partial charge in [-0.2, -0.15) is 0 Å². The van der Waals surface area contributed by atoms with E-state index in [-0.39, 0.29) is 5.91 Å². The molecule has 0 bridgehead atoms. The van der Waals surface area contributed by atoms with Crippen LogP contribution < -0.4 is 11.1 Å². The zero-order chi connectivity index (χ0) is 13.0. The van der Waals surface area contributed by atoms with Crippen LogP contribution in [0.25, 0.3) is 0 Å². The van der Waals surface area contributed by atoms with E-state index in [0.29, 0.717) is 29.4 Å². The number of para-hydroxylation sites is 1. The molecule has 0 saturated heterocycles. The molecule has 94 valence electrons. The van der Waals surface area contributed by atoms with Crippen molar-refractivity contribution >= 4 is 23.2 Å². The van der Waals surface area contributed by atoms with Crippen LogP contribution in [0, 0.1) is 0 Å². The number of rotatable bonds is 4. The van der Waals surface area contributed by atoms with Gasteiger partial charge in [0.25, 0.3) is 5.91 Å². The summed E-state index contributed by atoms with van der Waals surface area (Å²) < 4.78 is 1.88. The standard InChI is InChI=1S/C12H13ClN4O/c13-10-3-1-2-9(11(10)14)12(18)16-5-7-17-6-4-15-8-17/h1-4,6,8H,5,7,14H2,(H,16,18). The first-order chi connectivity index (χ1) is 8.68. The fourth-order valence-corrected chi connectivity index (χ4v) is 1.72. The number of anilines is 1. The number of hydrogen-bond acceptors (Lipinski definition) is 3. The summed E-state index contributed by atoms with van der Waals surface area (Å²) in [5.41, 5.74) is 6.44. The zero-order valence-corrected chi connectivity index (χ0v) is 10.4. The molecule has 0 atom stereocenters.